The molecular weight excluding hydrogens is 290 g/mol. The lowest BCUT2D eigenvalue weighted by Gasteiger charge is -2.41. The average molecular weight is 311 g/mol. The maximum atomic E-state index is 12.2. The van der Waals surface area contributed by atoms with Crippen molar-refractivity contribution in [1.29, 1.82) is 0 Å². The number of carboxylic acids is 1. The lowest BCUT2D eigenvalue weighted by atomic mass is 9.89. The number of carbonyl (C=O) groups is 2. The normalized spacial score (nSPS) is 22.1. The predicted octanol–water partition coefficient (Wildman–Crippen LogP) is 2.03. The third-order valence-corrected chi connectivity index (χ3v) is 4.74. The van der Waals surface area contributed by atoms with Crippen LogP contribution in [0.5, 0.6) is 0 Å². The van der Waals surface area contributed by atoms with Crippen molar-refractivity contribution in [2.75, 3.05) is 13.1 Å². The van der Waals surface area contributed by atoms with Crippen LogP contribution in [0.25, 0.3) is 0 Å². The van der Waals surface area contributed by atoms with Crippen LogP contribution in [0.3, 0.4) is 0 Å². The van der Waals surface area contributed by atoms with Crippen LogP contribution in [-0.2, 0) is 11.2 Å². The van der Waals surface area contributed by atoms with E-state index in [1.54, 1.807) is 18.3 Å². The maximum Gasteiger partial charge on any atom is 0.329 e. The first-order chi connectivity index (χ1) is 9.93. The second kappa shape index (κ2) is 6.43. The van der Waals surface area contributed by atoms with Crippen LogP contribution in [0, 0.1) is 6.92 Å². The van der Waals surface area contributed by atoms with E-state index < -0.39 is 11.5 Å². The fourth-order valence-electron chi connectivity index (χ4n) is 2.58. The number of nitrogens with one attached hydrogen (secondary N) is 1. The number of aryl methyl sites for hydroxylation is 1. The first-order valence-corrected chi connectivity index (χ1v) is 8.01. The second-order valence-electron chi connectivity index (χ2n) is 5.53. The van der Waals surface area contributed by atoms with E-state index in [0.717, 1.165) is 23.5 Å². The first-order valence-electron chi connectivity index (χ1n) is 7.13. The van der Waals surface area contributed by atoms with Crippen molar-refractivity contribution < 1.29 is 14.7 Å². The fraction of sp³-hybridized carbons (Fsp3) is 0.643. The van der Waals surface area contributed by atoms with Gasteiger partial charge in [0, 0.05) is 24.9 Å². The Labute approximate surface area is 128 Å². The quantitative estimate of drug-likeness (QED) is 0.891. The highest BCUT2D eigenvalue weighted by Crippen LogP contribution is 2.28. The Kier molecular flexibility index (Phi) is 4.82. The predicted molar refractivity (Wildman–Crippen MR) is 80.6 cm³/mol. The largest absolute Gasteiger partial charge is 0.480 e. The average Bonchev–Trinajstić information content (AvgIpc) is 2.84. The van der Waals surface area contributed by atoms with Gasteiger partial charge in [0.2, 0.25) is 0 Å². The molecular formula is C14H21N3O3S. The number of piperidine rings is 1. The third kappa shape index (κ3) is 3.53. The van der Waals surface area contributed by atoms with Gasteiger partial charge in [0.25, 0.3) is 0 Å². The summed E-state index contributed by atoms with van der Waals surface area (Å²) < 4.78 is 0. The molecule has 1 aromatic rings. The SMILES string of the molecule is Cc1nc(CCNC(=O)N2CCCCC2(C)C(=O)O)cs1. The Balaban J connectivity index is 1.90. The van der Waals surface area contributed by atoms with Crippen molar-refractivity contribution >= 4 is 23.3 Å². The summed E-state index contributed by atoms with van der Waals surface area (Å²) in [6.07, 6.45) is 2.85. The minimum absolute atomic E-state index is 0.299. The molecule has 0 saturated carbocycles. The minimum atomic E-state index is -1.10. The highest BCUT2D eigenvalue weighted by molar-refractivity contribution is 7.09. The van der Waals surface area contributed by atoms with Crippen molar-refractivity contribution in [3.63, 3.8) is 0 Å². The molecule has 0 bridgehead atoms. The van der Waals surface area contributed by atoms with Gasteiger partial charge in [-0.05, 0) is 33.1 Å². The molecule has 2 rings (SSSR count). The third-order valence-electron chi connectivity index (χ3n) is 3.92. The van der Waals surface area contributed by atoms with Gasteiger partial charge in [-0.15, -0.1) is 11.3 Å². The number of thiazole rings is 1. The summed E-state index contributed by atoms with van der Waals surface area (Å²) in [6, 6.07) is -0.299. The van der Waals surface area contributed by atoms with Crippen LogP contribution >= 0.6 is 11.3 Å². The van der Waals surface area contributed by atoms with Gasteiger partial charge in [0.1, 0.15) is 5.54 Å². The molecule has 0 radical (unpaired) electrons. The zero-order valence-corrected chi connectivity index (χ0v) is 13.2. The van der Waals surface area contributed by atoms with E-state index in [4.69, 9.17) is 0 Å². The smallest absolute Gasteiger partial charge is 0.329 e. The molecule has 2 heterocycles. The number of likely N-dealkylation sites (tertiary alicyclic amines) is 1. The molecule has 0 aliphatic carbocycles. The molecule has 116 valence electrons. The van der Waals surface area contributed by atoms with E-state index in [1.165, 1.54) is 4.90 Å². The molecule has 0 aromatic carbocycles. The number of carbonyl (C=O) groups excluding carboxylic acids is 1. The van der Waals surface area contributed by atoms with E-state index in [1.807, 2.05) is 12.3 Å². The van der Waals surface area contributed by atoms with E-state index in [0.29, 0.717) is 25.9 Å². The van der Waals surface area contributed by atoms with Crippen molar-refractivity contribution in [2.45, 2.75) is 45.1 Å². The molecule has 1 aromatic heterocycles. The molecule has 1 fully saturated rings. The van der Waals surface area contributed by atoms with Gasteiger partial charge in [-0.1, -0.05) is 0 Å². The molecule has 1 unspecified atom stereocenters. The van der Waals surface area contributed by atoms with Crippen LogP contribution in [0.1, 0.15) is 36.9 Å². The minimum Gasteiger partial charge on any atom is -0.480 e. The molecule has 21 heavy (non-hydrogen) atoms. The molecule has 6 nitrogen and oxygen atoms in total. The van der Waals surface area contributed by atoms with E-state index in [2.05, 4.69) is 10.3 Å². The Morgan fingerprint density at radius 3 is 2.90 bits per heavy atom. The zero-order valence-electron chi connectivity index (χ0n) is 12.4. The lowest BCUT2D eigenvalue weighted by molar-refractivity contribution is -0.150. The second-order valence-corrected chi connectivity index (χ2v) is 6.59. The number of aromatic nitrogens is 1. The summed E-state index contributed by atoms with van der Waals surface area (Å²) in [4.78, 5) is 29.5. The summed E-state index contributed by atoms with van der Waals surface area (Å²) in [7, 11) is 0. The first kappa shape index (κ1) is 15.8. The van der Waals surface area contributed by atoms with Gasteiger partial charge in [-0.2, -0.15) is 0 Å². The standard InChI is InChI=1S/C14H21N3O3S/c1-10-16-11(9-21-10)5-7-15-13(20)17-8-4-3-6-14(17,2)12(18)19/h9H,3-8H2,1-2H3,(H,15,20)(H,18,19). The fourth-order valence-corrected chi connectivity index (χ4v) is 3.23. The van der Waals surface area contributed by atoms with Gasteiger partial charge < -0.3 is 15.3 Å². The summed E-state index contributed by atoms with van der Waals surface area (Å²) in [6.45, 7) is 4.52. The number of carboxylic acid groups (broad SMARTS) is 1. The van der Waals surface area contributed by atoms with Crippen molar-refractivity contribution in [2.24, 2.45) is 0 Å². The van der Waals surface area contributed by atoms with Gasteiger partial charge >= 0.3 is 12.0 Å². The van der Waals surface area contributed by atoms with Crippen LogP contribution < -0.4 is 5.32 Å². The van der Waals surface area contributed by atoms with Crippen molar-refractivity contribution in [1.82, 2.24) is 15.2 Å². The summed E-state index contributed by atoms with van der Waals surface area (Å²) >= 11 is 1.58. The molecule has 1 aliphatic heterocycles. The molecule has 1 atom stereocenters. The number of hydrogen-bond acceptors (Lipinski definition) is 4. The molecule has 2 N–H and O–H groups in total. The number of rotatable bonds is 4. The molecule has 2 amide bonds. The highest BCUT2D eigenvalue weighted by atomic mass is 32.1. The van der Waals surface area contributed by atoms with Gasteiger partial charge in [0.05, 0.1) is 10.7 Å². The lowest BCUT2D eigenvalue weighted by Crippen LogP contribution is -2.60. The number of aliphatic carboxylic acids is 1. The summed E-state index contributed by atoms with van der Waals surface area (Å²) in [5.41, 5.74) is -0.142. The number of nitrogens with zero attached hydrogens (tertiary/aromatic N) is 2. The van der Waals surface area contributed by atoms with Gasteiger partial charge in [0.15, 0.2) is 0 Å². The van der Waals surface area contributed by atoms with E-state index >= 15 is 0 Å². The van der Waals surface area contributed by atoms with Crippen LogP contribution in [0.2, 0.25) is 0 Å². The van der Waals surface area contributed by atoms with E-state index in [9.17, 15) is 14.7 Å². The van der Waals surface area contributed by atoms with E-state index in [-0.39, 0.29) is 6.03 Å². The highest BCUT2D eigenvalue weighted by Gasteiger charge is 2.43. The number of urea groups is 1. The molecule has 1 aliphatic rings. The maximum absolute atomic E-state index is 12.2. The zero-order chi connectivity index (χ0) is 15.5. The van der Waals surface area contributed by atoms with Crippen LogP contribution in [0.4, 0.5) is 4.79 Å². The summed E-state index contributed by atoms with van der Waals surface area (Å²) in [5, 5.41) is 15.2. The Bertz CT molecular complexity index is 531. The summed E-state index contributed by atoms with van der Waals surface area (Å²) in [5.74, 6) is -0.938. The van der Waals surface area contributed by atoms with Crippen LogP contribution in [-0.4, -0.2) is 45.6 Å². The van der Waals surface area contributed by atoms with Crippen LogP contribution in [0.15, 0.2) is 5.38 Å². The van der Waals surface area contributed by atoms with Crippen molar-refractivity contribution in [3.05, 3.63) is 16.1 Å². The Hall–Kier alpha value is -1.63. The molecule has 7 heteroatoms. The van der Waals surface area contributed by atoms with Gasteiger partial charge in [-0.25, -0.2) is 14.6 Å². The monoisotopic (exact) mass is 311 g/mol. The topological polar surface area (TPSA) is 82.5 Å². The molecule has 1 saturated heterocycles. The Morgan fingerprint density at radius 2 is 2.29 bits per heavy atom. The van der Waals surface area contributed by atoms with Crippen molar-refractivity contribution in [3.8, 4) is 0 Å². The number of hydrogen-bond donors (Lipinski definition) is 2. The number of amides is 2. The van der Waals surface area contributed by atoms with Gasteiger partial charge in [-0.3, -0.25) is 0 Å². The molecule has 0 spiro atoms. The Morgan fingerprint density at radius 1 is 1.52 bits per heavy atom.